The van der Waals surface area contributed by atoms with Crippen LogP contribution in [-0.2, 0) is 28.2 Å². The van der Waals surface area contributed by atoms with Gasteiger partial charge in [-0.15, -0.1) is 0 Å². The molecule has 2 aliphatic heterocycles. The van der Waals surface area contributed by atoms with Crippen LogP contribution in [0, 0.1) is 27.7 Å². The number of hydrogen-bond donors (Lipinski definition) is 2. The van der Waals surface area contributed by atoms with Gasteiger partial charge in [0, 0.05) is 76.2 Å². The van der Waals surface area contributed by atoms with E-state index in [0.29, 0.717) is 0 Å². The van der Waals surface area contributed by atoms with E-state index in [4.69, 9.17) is 9.97 Å². The molecule has 0 atom stereocenters. The number of hydrogen-bond acceptors (Lipinski definition) is 2. The summed E-state index contributed by atoms with van der Waals surface area (Å²) in [7, 11) is 8.49. The fourth-order valence-corrected chi connectivity index (χ4v) is 8.06. The average molecular weight is 735 g/mol. The zero-order valence-electron chi connectivity index (χ0n) is 33.2. The van der Waals surface area contributed by atoms with Crippen LogP contribution in [0.3, 0.4) is 0 Å². The van der Waals surface area contributed by atoms with Crippen LogP contribution in [0.4, 0.5) is 0 Å². The van der Waals surface area contributed by atoms with Gasteiger partial charge in [-0.2, -0.15) is 18.3 Å². The summed E-state index contributed by atoms with van der Waals surface area (Å²) >= 11 is 0. The largest absolute Gasteiger partial charge is 0.354 e. The lowest BCUT2D eigenvalue weighted by Crippen LogP contribution is -2.34. The molecule has 9 heterocycles. The molecule has 274 valence electrons. The second-order valence-corrected chi connectivity index (χ2v) is 14.9. The first kappa shape index (κ1) is 34.9. The monoisotopic (exact) mass is 734 g/mol. The summed E-state index contributed by atoms with van der Waals surface area (Å²) in [5, 5.41) is 0. The zero-order chi connectivity index (χ0) is 38.8. The quantitative estimate of drug-likeness (QED) is 0.181. The number of rotatable bonds is 4. The molecule has 56 heavy (non-hydrogen) atoms. The molecule has 7 aromatic heterocycles. The van der Waals surface area contributed by atoms with Gasteiger partial charge < -0.3 is 9.97 Å². The normalized spacial score (nSPS) is 12.1. The van der Waals surface area contributed by atoms with E-state index < -0.39 is 0 Å². The highest BCUT2D eigenvalue weighted by Crippen LogP contribution is 2.36. The molecule has 8 heteroatoms. The fraction of sp³-hybridized carbons (Fsp3) is 0.167. The van der Waals surface area contributed by atoms with Crippen LogP contribution in [0.5, 0.6) is 0 Å². The summed E-state index contributed by atoms with van der Waals surface area (Å²) in [6.07, 6.45) is 8.63. The van der Waals surface area contributed by atoms with Crippen LogP contribution in [0.25, 0.3) is 91.4 Å². The van der Waals surface area contributed by atoms with Crippen LogP contribution in [0.1, 0.15) is 45.6 Å². The topological polar surface area (TPSA) is 72.9 Å². The van der Waals surface area contributed by atoms with Crippen LogP contribution < -0.4 is 18.3 Å². The summed E-state index contributed by atoms with van der Waals surface area (Å²) < 4.78 is 8.96. The average Bonchev–Trinajstić information content (AvgIpc) is 4.03. The molecule has 0 saturated carbocycles. The summed E-state index contributed by atoms with van der Waals surface area (Å²) in [6, 6.07) is 34.5. The maximum Gasteiger partial charge on any atom is 0.216 e. The van der Waals surface area contributed by atoms with Crippen LogP contribution in [0.2, 0.25) is 0 Å². The summed E-state index contributed by atoms with van der Waals surface area (Å²) in [6.45, 7) is 8.56. The zero-order valence-corrected chi connectivity index (χ0v) is 33.2. The lowest BCUT2D eigenvalue weighted by Gasteiger charge is -2.06. The second-order valence-electron chi connectivity index (χ2n) is 14.9. The number of aromatic amines is 2. The van der Waals surface area contributed by atoms with Gasteiger partial charge >= 0.3 is 0 Å². The second kappa shape index (κ2) is 13.5. The smallest absolute Gasteiger partial charge is 0.216 e. The molecule has 0 saturated heterocycles. The van der Waals surface area contributed by atoms with E-state index in [1.54, 1.807) is 0 Å². The van der Waals surface area contributed by atoms with Crippen LogP contribution in [-0.4, -0.2) is 19.9 Å². The Labute approximate surface area is 327 Å². The summed E-state index contributed by atoms with van der Waals surface area (Å²) in [5.41, 5.74) is 20.4. The highest BCUT2D eigenvalue weighted by Gasteiger charge is 2.27. The Bertz CT molecular complexity index is 2620. The number of nitrogens with zero attached hydrogens (tertiary/aromatic N) is 6. The number of fused-ring (bicyclic) bond motifs is 8. The number of aryl methyl sites for hydroxylation is 4. The van der Waals surface area contributed by atoms with Crippen molar-refractivity contribution in [2.75, 3.05) is 0 Å². The van der Waals surface area contributed by atoms with E-state index in [1.807, 2.05) is 0 Å². The Morgan fingerprint density at radius 1 is 0.339 bits per heavy atom. The number of aromatic nitrogens is 8. The van der Waals surface area contributed by atoms with Crippen molar-refractivity contribution in [3.63, 3.8) is 0 Å². The van der Waals surface area contributed by atoms with Gasteiger partial charge in [-0.05, 0) is 72.8 Å². The maximum absolute atomic E-state index is 5.51. The lowest BCUT2D eigenvalue weighted by molar-refractivity contribution is -0.666. The molecule has 0 radical (unpaired) electrons. The van der Waals surface area contributed by atoms with E-state index in [1.165, 1.54) is 0 Å². The molecule has 0 aromatic carbocycles. The Morgan fingerprint density at radius 3 is 0.804 bits per heavy atom. The minimum absolute atomic E-state index is 0.886. The van der Waals surface area contributed by atoms with Gasteiger partial charge in [-0.1, -0.05) is 0 Å². The van der Waals surface area contributed by atoms with Crippen molar-refractivity contribution in [1.82, 2.24) is 19.9 Å². The van der Waals surface area contributed by atoms with Crippen molar-refractivity contribution in [2.24, 2.45) is 28.2 Å². The molecule has 2 N–H and O–H groups in total. The van der Waals surface area contributed by atoms with Crippen LogP contribution >= 0.6 is 0 Å². The molecule has 9 rings (SSSR count). The van der Waals surface area contributed by atoms with Crippen molar-refractivity contribution in [3.8, 4) is 45.0 Å². The third-order valence-electron chi connectivity index (χ3n) is 11.7. The van der Waals surface area contributed by atoms with Gasteiger partial charge in [-0.25, -0.2) is 9.97 Å². The standard InChI is InChI=1S/C48H45N8/c1-29-13-9-17-41(53(29)5)45-33-21-23-35(49-33)46(42-18-10-14-30(2)54(42)6)37-25-27-39(51-37)48(44-20-12-16-32(4)56(44)8)40-28-26-38(52-40)47(36-24-22-34(45)50-36)43-19-11-15-31(3)55(43)7/h9-28H,1-8H3,(H,49,50,51,52)/q+3/p+1. The van der Waals surface area contributed by atoms with Crippen molar-refractivity contribution in [1.29, 1.82) is 0 Å². The first-order chi connectivity index (χ1) is 27.1. The minimum Gasteiger partial charge on any atom is -0.354 e. The van der Waals surface area contributed by atoms with E-state index >= 15 is 0 Å². The van der Waals surface area contributed by atoms with Gasteiger partial charge in [0.2, 0.25) is 22.8 Å². The predicted molar refractivity (Wildman–Crippen MR) is 224 cm³/mol. The Morgan fingerprint density at radius 2 is 0.571 bits per heavy atom. The Kier molecular flexibility index (Phi) is 8.42. The molecule has 0 amide bonds. The van der Waals surface area contributed by atoms with Crippen molar-refractivity contribution in [3.05, 3.63) is 143 Å². The van der Waals surface area contributed by atoms with Gasteiger partial charge in [0.25, 0.3) is 0 Å². The predicted octanol–water partition coefficient (Wildman–Crippen LogP) is 7.86. The Hall–Kier alpha value is -6.80. The molecule has 2 aliphatic rings. The molecule has 8 nitrogen and oxygen atoms in total. The van der Waals surface area contributed by atoms with Gasteiger partial charge in [-0.3, -0.25) is 0 Å². The first-order valence-electron chi connectivity index (χ1n) is 19.1. The van der Waals surface area contributed by atoms with Crippen molar-refractivity contribution >= 4 is 46.4 Å². The van der Waals surface area contributed by atoms with E-state index in [9.17, 15) is 0 Å². The van der Waals surface area contributed by atoms with E-state index in [0.717, 1.165) is 113 Å². The fourth-order valence-electron chi connectivity index (χ4n) is 8.06. The SMILES string of the molecule is Cc1cccc(-c2c3nc(c(-c4cccc(C)[n+]4C)c4ccc([nH]4)c(-c4cccc(C)[n+]4C)c4nc(c(-c5cccc(C)[n+]5C)c5ccc2[nH]5)C=C4)C=C3)[n+]1C. The number of pyridine rings is 4. The lowest BCUT2D eigenvalue weighted by atomic mass is 10.1. The van der Waals surface area contributed by atoms with E-state index in [2.05, 4.69) is 205 Å². The van der Waals surface area contributed by atoms with Gasteiger partial charge in [0.15, 0.2) is 22.8 Å². The molecular weight excluding hydrogens is 689 g/mol. The minimum atomic E-state index is 0.886. The highest BCUT2D eigenvalue weighted by molar-refractivity contribution is 5.97. The van der Waals surface area contributed by atoms with Gasteiger partial charge in [0.05, 0.1) is 67.1 Å². The van der Waals surface area contributed by atoms with Crippen molar-refractivity contribution in [2.45, 2.75) is 27.7 Å². The third-order valence-corrected chi connectivity index (χ3v) is 11.7. The number of H-pyrrole nitrogens is 2. The first-order valence-corrected chi connectivity index (χ1v) is 19.1. The highest BCUT2D eigenvalue weighted by atomic mass is 15.0. The summed E-state index contributed by atoms with van der Waals surface area (Å²) in [5.74, 6) is 0. The summed E-state index contributed by atoms with van der Waals surface area (Å²) in [4.78, 5) is 18.8. The molecule has 8 bridgehead atoms. The molecule has 0 aliphatic carbocycles. The van der Waals surface area contributed by atoms with Crippen LogP contribution in [0.15, 0.2) is 97.1 Å². The Balaban J connectivity index is 1.52. The van der Waals surface area contributed by atoms with E-state index in [-0.39, 0.29) is 0 Å². The molecule has 0 fully saturated rings. The maximum atomic E-state index is 5.51. The molecule has 0 unspecified atom stereocenters. The molecular formula is C48H46N8+4. The molecule has 7 aromatic rings. The molecule has 0 spiro atoms. The van der Waals surface area contributed by atoms with Crippen molar-refractivity contribution < 1.29 is 18.3 Å². The number of nitrogens with one attached hydrogen (secondary N) is 2. The third kappa shape index (κ3) is 5.68. The van der Waals surface area contributed by atoms with Gasteiger partial charge in [0.1, 0.15) is 28.2 Å².